The van der Waals surface area contributed by atoms with Gasteiger partial charge in [-0.1, -0.05) is 0 Å². The molecule has 0 aromatic heterocycles. The minimum absolute atomic E-state index is 0.0880. The van der Waals surface area contributed by atoms with Crippen molar-refractivity contribution < 1.29 is 13.5 Å². The third-order valence-electron chi connectivity index (χ3n) is 2.39. The van der Waals surface area contributed by atoms with Gasteiger partial charge < -0.3 is 10.5 Å². The Morgan fingerprint density at radius 2 is 1.89 bits per heavy atom. The molecule has 0 saturated heterocycles. The zero-order valence-electron chi connectivity index (χ0n) is 9.29. The van der Waals surface area contributed by atoms with Gasteiger partial charge in [-0.2, -0.15) is 0 Å². The minimum atomic E-state index is -0.417. The monoisotopic (exact) mass is 313 g/mol. The molecule has 2 aromatic rings. The molecule has 2 rings (SSSR count). The quantitative estimate of drug-likeness (QED) is 0.873. The van der Waals surface area contributed by atoms with Crippen LogP contribution >= 0.6 is 15.9 Å². The summed E-state index contributed by atoms with van der Waals surface area (Å²) in [5.41, 5.74) is 6.64. The van der Waals surface area contributed by atoms with E-state index >= 15 is 0 Å². The van der Waals surface area contributed by atoms with Gasteiger partial charge in [0.15, 0.2) is 0 Å². The van der Waals surface area contributed by atoms with E-state index in [9.17, 15) is 8.78 Å². The molecule has 0 aliphatic heterocycles. The van der Waals surface area contributed by atoms with E-state index in [1.165, 1.54) is 24.3 Å². The molecule has 2 nitrogen and oxygen atoms in total. The van der Waals surface area contributed by atoms with Gasteiger partial charge >= 0.3 is 0 Å². The Morgan fingerprint density at radius 1 is 1.11 bits per heavy atom. The van der Waals surface area contributed by atoms with Gasteiger partial charge in [0.1, 0.15) is 24.0 Å². The first-order valence-electron chi connectivity index (χ1n) is 5.18. The Hall–Kier alpha value is -1.62. The molecule has 0 heterocycles. The van der Waals surface area contributed by atoms with Gasteiger partial charge in [-0.15, -0.1) is 0 Å². The summed E-state index contributed by atoms with van der Waals surface area (Å²) >= 11 is 3.05. The number of rotatable bonds is 3. The maximum Gasteiger partial charge on any atom is 0.141 e. The highest BCUT2D eigenvalue weighted by Gasteiger charge is 2.05. The van der Waals surface area contributed by atoms with Gasteiger partial charge in [-0.3, -0.25) is 0 Å². The maximum absolute atomic E-state index is 13.2. The molecule has 0 unspecified atom stereocenters. The Morgan fingerprint density at radius 3 is 2.61 bits per heavy atom. The van der Waals surface area contributed by atoms with Gasteiger partial charge in [-0.05, 0) is 46.3 Å². The first-order valence-corrected chi connectivity index (χ1v) is 5.97. The van der Waals surface area contributed by atoms with E-state index in [0.717, 1.165) is 0 Å². The van der Waals surface area contributed by atoms with Gasteiger partial charge in [0, 0.05) is 17.3 Å². The fourth-order valence-corrected chi connectivity index (χ4v) is 1.67. The lowest BCUT2D eigenvalue weighted by atomic mass is 10.2. The highest BCUT2D eigenvalue weighted by atomic mass is 79.9. The molecule has 18 heavy (non-hydrogen) atoms. The van der Waals surface area contributed by atoms with Crippen LogP contribution in [0.2, 0.25) is 0 Å². The van der Waals surface area contributed by atoms with Crippen LogP contribution in [0.15, 0.2) is 40.9 Å². The second-order valence-corrected chi connectivity index (χ2v) is 4.56. The Balaban J connectivity index is 2.11. The predicted octanol–water partition coefficient (Wildman–Crippen LogP) is 3.89. The molecule has 2 aromatic carbocycles. The van der Waals surface area contributed by atoms with Gasteiger partial charge in [0.05, 0.1) is 4.47 Å². The predicted molar refractivity (Wildman–Crippen MR) is 69.2 cm³/mol. The highest BCUT2D eigenvalue weighted by molar-refractivity contribution is 9.10. The number of ether oxygens (including phenoxy) is 1. The lowest BCUT2D eigenvalue weighted by molar-refractivity contribution is 0.304. The van der Waals surface area contributed by atoms with Crippen molar-refractivity contribution in [1.29, 1.82) is 0 Å². The van der Waals surface area contributed by atoms with Crippen molar-refractivity contribution in [3.8, 4) is 5.75 Å². The number of hydrogen-bond donors (Lipinski definition) is 1. The lowest BCUT2D eigenvalue weighted by Crippen LogP contribution is -2.01. The summed E-state index contributed by atoms with van der Waals surface area (Å²) in [5, 5.41) is 0. The fraction of sp³-hybridized carbons (Fsp3) is 0.0769. The molecule has 0 atom stereocenters. The summed E-state index contributed by atoms with van der Waals surface area (Å²) < 4.78 is 32.0. The van der Waals surface area contributed by atoms with Crippen LogP contribution in [-0.2, 0) is 6.61 Å². The summed E-state index contributed by atoms with van der Waals surface area (Å²) in [4.78, 5) is 0. The van der Waals surface area contributed by atoms with E-state index in [1.807, 2.05) is 0 Å². The van der Waals surface area contributed by atoms with Gasteiger partial charge in [0.2, 0.25) is 0 Å². The van der Waals surface area contributed by atoms with Crippen molar-refractivity contribution in [2.45, 2.75) is 6.61 Å². The summed E-state index contributed by atoms with van der Waals surface area (Å²) in [5.74, 6) is -0.441. The first kappa shape index (κ1) is 12.8. The number of halogens is 3. The van der Waals surface area contributed by atoms with E-state index in [0.29, 0.717) is 21.5 Å². The van der Waals surface area contributed by atoms with Crippen LogP contribution in [0.25, 0.3) is 0 Å². The topological polar surface area (TPSA) is 35.2 Å². The number of anilines is 1. The molecule has 0 spiro atoms. The fourth-order valence-electron chi connectivity index (χ4n) is 1.43. The second kappa shape index (κ2) is 5.35. The molecular formula is C13H10BrF2NO. The molecule has 2 N–H and O–H groups in total. The van der Waals surface area contributed by atoms with Crippen molar-refractivity contribution >= 4 is 21.6 Å². The van der Waals surface area contributed by atoms with Gasteiger partial charge in [-0.25, -0.2) is 8.78 Å². The molecular weight excluding hydrogens is 304 g/mol. The minimum Gasteiger partial charge on any atom is -0.489 e. The largest absolute Gasteiger partial charge is 0.489 e. The zero-order chi connectivity index (χ0) is 13.1. The zero-order valence-corrected chi connectivity index (χ0v) is 10.9. The average Bonchev–Trinajstić information content (AvgIpc) is 2.34. The summed E-state index contributed by atoms with van der Waals surface area (Å²) in [6.07, 6.45) is 0. The van der Waals surface area contributed by atoms with Crippen LogP contribution in [0, 0.1) is 11.6 Å². The summed E-state index contributed by atoms with van der Waals surface area (Å²) in [6, 6.07) is 8.45. The molecule has 0 bridgehead atoms. The Bertz CT molecular complexity index is 575. The number of nitrogens with two attached hydrogens (primary N) is 1. The molecule has 0 radical (unpaired) electrons. The van der Waals surface area contributed by atoms with Crippen molar-refractivity contribution in [2.75, 3.05) is 5.73 Å². The number of hydrogen-bond acceptors (Lipinski definition) is 2. The van der Waals surface area contributed by atoms with E-state index in [4.69, 9.17) is 10.5 Å². The van der Waals surface area contributed by atoms with E-state index in [-0.39, 0.29) is 12.4 Å². The Labute approximate surface area is 112 Å². The smallest absolute Gasteiger partial charge is 0.141 e. The second-order valence-electron chi connectivity index (χ2n) is 3.71. The van der Waals surface area contributed by atoms with Crippen molar-refractivity contribution in [3.05, 3.63) is 58.1 Å². The average molecular weight is 314 g/mol. The first-order chi connectivity index (χ1) is 8.56. The van der Waals surface area contributed by atoms with Crippen LogP contribution in [0.1, 0.15) is 5.56 Å². The van der Waals surface area contributed by atoms with Crippen LogP contribution in [0.5, 0.6) is 5.75 Å². The third kappa shape index (κ3) is 2.98. The standard InChI is InChI=1S/C13H10BrF2NO/c14-11-3-2-10(6-12(11)16)18-7-8-5-9(15)1-4-13(8)17/h1-6H,7,17H2. The van der Waals surface area contributed by atoms with E-state index < -0.39 is 5.82 Å². The van der Waals surface area contributed by atoms with Gasteiger partial charge in [0.25, 0.3) is 0 Å². The lowest BCUT2D eigenvalue weighted by Gasteiger charge is -2.09. The van der Waals surface area contributed by atoms with Crippen molar-refractivity contribution in [3.63, 3.8) is 0 Å². The SMILES string of the molecule is Nc1ccc(F)cc1COc1ccc(Br)c(F)c1. The molecule has 0 fully saturated rings. The van der Waals surface area contributed by atoms with Crippen LogP contribution in [0.3, 0.4) is 0 Å². The Kier molecular flexibility index (Phi) is 3.81. The van der Waals surface area contributed by atoms with Crippen molar-refractivity contribution in [1.82, 2.24) is 0 Å². The van der Waals surface area contributed by atoms with Crippen LogP contribution < -0.4 is 10.5 Å². The molecule has 94 valence electrons. The summed E-state index contributed by atoms with van der Waals surface area (Å²) in [6.45, 7) is 0.0880. The molecule has 0 aliphatic rings. The van der Waals surface area contributed by atoms with Crippen molar-refractivity contribution in [2.24, 2.45) is 0 Å². The molecule has 0 saturated carbocycles. The summed E-state index contributed by atoms with van der Waals surface area (Å²) in [7, 11) is 0. The molecule has 0 aliphatic carbocycles. The number of nitrogen functional groups attached to an aromatic ring is 1. The van der Waals surface area contributed by atoms with E-state index in [2.05, 4.69) is 15.9 Å². The highest BCUT2D eigenvalue weighted by Crippen LogP contribution is 2.22. The normalized spacial score (nSPS) is 10.4. The maximum atomic E-state index is 13.2. The molecule has 0 amide bonds. The van der Waals surface area contributed by atoms with E-state index in [1.54, 1.807) is 12.1 Å². The third-order valence-corrected chi connectivity index (χ3v) is 3.03. The number of benzene rings is 2. The van der Waals surface area contributed by atoms with Crippen LogP contribution in [0.4, 0.5) is 14.5 Å². The molecule has 5 heteroatoms. The van der Waals surface area contributed by atoms with Crippen LogP contribution in [-0.4, -0.2) is 0 Å².